The van der Waals surface area contributed by atoms with Gasteiger partial charge in [-0.15, -0.1) is 11.8 Å². The van der Waals surface area contributed by atoms with Gasteiger partial charge in [-0.25, -0.2) is 0 Å². The first kappa shape index (κ1) is 25.3. The molecule has 1 N–H and O–H groups in total. The van der Waals surface area contributed by atoms with Crippen molar-refractivity contribution >= 4 is 35.2 Å². The van der Waals surface area contributed by atoms with E-state index in [0.717, 1.165) is 17.5 Å². The first-order valence-corrected chi connectivity index (χ1v) is 12.4. The minimum atomic E-state index is -0.457. The molecule has 1 atom stereocenters. The van der Waals surface area contributed by atoms with Gasteiger partial charge in [0.05, 0.1) is 5.75 Å². The van der Waals surface area contributed by atoms with Gasteiger partial charge in [-0.1, -0.05) is 74.8 Å². The highest BCUT2D eigenvalue weighted by Gasteiger charge is 2.28. The minimum Gasteiger partial charge on any atom is -0.354 e. The molecule has 0 radical (unpaired) electrons. The summed E-state index contributed by atoms with van der Waals surface area (Å²) in [6, 6.07) is 17.3. The van der Waals surface area contributed by atoms with E-state index < -0.39 is 6.04 Å². The van der Waals surface area contributed by atoms with Gasteiger partial charge in [-0.3, -0.25) is 9.59 Å². The van der Waals surface area contributed by atoms with E-state index in [-0.39, 0.29) is 11.8 Å². The van der Waals surface area contributed by atoms with Crippen LogP contribution in [-0.2, 0) is 21.8 Å². The van der Waals surface area contributed by atoms with Gasteiger partial charge < -0.3 is 10.2 Å². The fourth-order valence-corrected chi connectivity index (χ4v) is 4.35. The van der Waals surface area contributed by atoms with E-state index in [1.165, 1.54) is 0 Å². The zero-order valence-electron chi connectivity index (χ0n) is 18.6. The standard InChI is InChI=1S/C25H33ClN2O2S/c1-4-23(25(30)27-16-19(2)3)28(14-13-20-9-6-5-7-10-20)24(29)18-31-17-21-11-8-12-22(26)15-21/h5-12,15,19,23H,4,13-14,16-18H2,1-3H3,(H,27,30). The molecular formula is C25H33ClN2O2S. The zero-order valence-corrected chi connectivity index (χ0v) is 20.2. The van der Waals surface area contributed by atoms with Gasteiger partial charge in [-0.2, -0.15) is 0 Å². The molecule has 168 valence electrons. The first-order valence-electron chi connectivity index (χ1n) is 10.8. The molecule has 0 aliphatic rings. The van der Waals surface area contributed by atoms with E-state index in [9.17, 15) is 9.59 Å². The van der Waals surface area contributed by atoms with E-state index in [2.05, 4.69) is 31.3 Å². The second kappa shape index (κ2) is 13.4. The van der Waals surface area contributed by atoms with Crippen molar-refractivity contribution in [3.63, 3.8) is 0 Å². The maximum absolute atomic E-state index is 13.2. The summed E-state index contributed by atoms with van der Waals surface area (Å²) in [5, 5.41) is 3.70. The molecule has 31 heavy (non-hydrogen) atoms. The van der Waals surface area contributed by atoms with Crippen LogP contribution in [0.4, 0.5) is 0 Å². The Morgan fingerprint density at radius 3 is 2.42 bits per heavy atom. The number of hydrogen-bond donors (Lipinski definition) is 1. The highest BCUT2D eigenvalue weighted by Crippen LogP contribution is 2.18. The molecule has 0 aliphatic heterocycles. The molecule has 0 heterocycles. The molecule has 0 fully saturated rings. The summed E-state index contributed by atoms with van der Waals surface area (Å²) >= 11 is 7.60. The summed E-state index contributed by atoms with van der Waals surface area (Å²) in [4.78, 5) is 27.8. The molecule has 2 rings (SSSR count). The van der Waals surface area contributed by atoms with Crippen LogP contribution in [0, 0.1) is 5.92 Å². The number of halogens is 1. The molecular weight excluding hydrogens is 428 g/mol. The Kier molecular flexibility index (Phi) is 11.0. The second-order valence-corrected chi connectivity index (χ2v) is 9.43. The summed E-state index contributed by atoms with van der Waals surface area (Å²) in [5.74, 6) is 1.32. The lowest BCUT2D eigenvalue weighted by molar-refractivity contribution is -0.138. The van der Waals surface area contributed by atoms with Crippen LogP contribution in [0.5, 0.6) is 0 Å². The lowest BCUT2D eigenvalue weighted by Crippen LogP contribution is -2.51. The van der Waals surface area contributed by atoms with E-state index in [1.54, 1.807) is 16.7 Å². The van der Waals surface area contributed by atoms with Crippen molar-refractivity contribution in [3.05, 3.63) is 70.7 Å². The van der Waals surface area contributed by atoms with Crippen LogP contribution in [0.25, 0.3) is 0 Å². The third-order valence-electron chi connectivity index (χ3n) is 4.94. The highest BCUT2D eigenvalue weighted by atomic mass is 35.5. The molecule has 0 saturated heterocycles. The van der Waals surface area contributed by atoms with Crippen LogP contribution in [0.3, 0.4) is 0 Å². The Hall–Kier alpha value is -1.98. The molecule has 2 aromatic rings. The van der Waals surface area contributed by atoms with Gasteiger partial charge in [0.25, 0.3) is 0 Å². The lowest BCUT2D eigenvalue weighted by atomic mass is 10.1. The fraction of sp³-hybridized carbons (Fsp3) is 0.440. The van der Waals surface area contributed by atoms with Gasteiger partial charge in [0.2, 0.25) is 11.8 Å². The Morgan fingerprint density at radius 2 is 1.77 bits per heavy atom. The van der Waals surface area contributed by atoms with Crippen LogP contribution < -0.4 is 5.32 Å². The average molecular weight is 461 g/mol. The third kappa shape index (κ3) is 8.96. The summed E-state index contributed by atoms with van der Waals surface area (Å²) in [7, 11) is 0. The number of benzene rings is 2. The van der Waals surface area contributed by atoms with E-state index in [0.29, 0.717) is 42.0 Å². The monoisotopic (exact) mass is 460 g/mol. The van der Waals surface area contributed by atoms with E-state index in [1.807, 2.05) is 49.4 Å². The van der Waals surface area contributed by atoms with Crippen molar-refractivity contribution in [2.75, 3.05) is 18.8 Å². The number of rotatable bonds is 12. The summed E-state index contributed by atoms with van der Waals surface area (Å²) in [6.45, 7) is 7.22. The predicted molar refractivity (Wildman–Crippen MR) is 131 cm³/mol. The van der Waals surface area contributed by atoms with Gasteiger partial charge in [0.15, 0.2) is 0 Å². The summed E-state index contributed by atoms with van der Waals surface area (Å²) in [5.41, 5.74) is 2.24. The van der Waals surface area contributed by atoms with Gasteiger partial charge in [-0.05, 0) is 42.0 Å². The van der Waals surface area contributed by atoms with E-state index in [4.69, 9.17) is 11.6 Å². The second-order valence-electron chi connectivity index (χ2n) is 8.01. The molecule has 4 nitrogen and oxygen atoms in total. The van der Waals surface area contributed by atoms with Crippen molar-refractivity contribution in [1.82, 2.24) is 10.2 Å². The van der Waals surface area contributed by atoms with Gasteiger partial charge >= 0.3 is 0 Å². The molecule has 2 amide bonds. The zero-order chi connectivity index (χ0) is 22.6. The molecule has 0 aliphatic carbocycles. The summed E-state index contributed by atoms with van der Waals surface area (Å²) < 4.78 is 0. The summed E-state index contributed by atoms with van der Waals surface area (Å²) in [6.07, 6.45) is 1.31. The highest BCUT2D eigenvalue weighted by molar-refractivity contribution is 7.99. The fourth-order valence-electron chi connectivity index (χ4n) is 3.28. The molecule has 1 unspecified atom stereocenters. The first-order chi connectivity index (χ1) is 14.9. The molecule has 0 spiro atoms. The molecule has 6 heteroatoms. The minimum absolute atomic E-state index is 0.00509. The van der Waals surface area contributed by atoms with Crippen molar-refractivity contribution < 1.29 is 9.59 Å². The Morgan fingerprint density at radius 1 is 1.06 bits per heavy atom. The van der Waals surface area contributed by atoms with Crippen LogP contribution in [-0.4, -0.2) is 41.6 Å². The number of carbonyl (C=O) groups is 2. The molecule has 0 bridgehead atoms. The van der Waals surface area contributed by atoms with Crippen molar-refractivity contribution in [2.45, 2.75) is 45.4 Å². The SMILES string of the molecule is CCC(C(=O)NCC(C)C)N(CCc1ccccc1)C(=O)CSCc1cccc(Cl)c1. The Balaban J connectivity index is 2.04. The predicted octanol–water partition coefficient (Wildman–Crippen LogP) is 5.20. The number of nitrogens with zero attached hydrogens (tertiary/aromatic N) is 1. The number of amides is 2. The largest absolute Gasteiger partial charge is 0.354 e. The maximum atomic E-state index is 13.2. The Labute approximate surface area is 195 Å². The van der Waals surface area contributed by atoms with Crippen molar-refractivity contribution in [3.8, 4) is 0 Å². The smallest absolute Gasteiger partial charge is 0.242 e. The van der Waals surface area contributed by atoms with Gasteiger partial charge in [0.1, 0.15) is 6.04 Å². The van der Waals surface area contributed by atoms with Crippen LogP contribution >= 0.6 is 23.4 Å². The maximum Gasteiger partial charge on any atom is 0.242 e. The third-order valence-corrected chi connectivity index (χ3v) is 6.16. The normalized spacial score (nSPS) is 11.9. The van der Waals surface area contributed by atoms with Crippen LogP contribution in [0.15, 0.2) is 54.6 Å². The number of nitrogens with one attached hydrogen (secondary N) is 1. The van der Waals surface area contributed by atoms with Crippen molar-refractivity contribution in [2.24, 2.45) is 5.92 Å². The van der Waals surface area contributed by atoms with Gasteiger partial charge in [0, 0.05) is 23.9 Å². The van der Waals surface area contributed by atoms with E-state index >= 15 is 0 Å². The average Bonchev–Trinajstić information content (AvgIpc) is 2.75. The van der Waals surface area contributed by atoms with Crippen molar-refractivity contribution in [1.29, 1.82) is 0 Å². The number of hydrogen-bond acceptors (Lipinski definition) is 3. The number of carbonyl (C=O) groups excluding carboxylic acids is 2. The Bertz CT molecular complexity index is 829. The molecule has 0 aromatic heterocycles. The topological polar surface area (TPSA) is 49.4 Å². The molecule has 2 aromatic carbocycles. The molecule has 0 saturated carbocycles. The van der Waals surface area contributed by atoms with Crippen LogP contribution in [0.1, 0.15) is 38.3 Å². The lowest BCUT2D eigenvalue weighted by Gasteiger charge is -2.31. The quantitative estimate of drug-likeness (QED) is 0.473. The van der Waals surface area contributed by atoms with Crippen LogP contribution in [0.2, 0.25) is 5.02 Å². The number of thioether (sulfide) groups is 1.